The number of ether oxygens (including phenoxy) is 1. The molecular formula is C25H13BN2O. The van der Waals surface area contributed by atoms with Gasteiger partial charge in [0, 0.05) is 11.1 Å². The van der Waals surface area contributed by atoms with Crippen molar-refractivity contribution in [3.05, 3.63) is 90.3 Å². The molecule has 2 aliphatic rings. The van der Waals surface area contributed by atoms with E-state index >= 15 is 0 Å². The van der Waals surface area contributed by atoms with Gasteiger partial charge in [-0.3, -0.25) is 0 Å². The zero-order valence-electron chi connectivity index (χ0n) is 15.4. The lowest BCUT2D eigenvalue weighted by Crippen LogP contribution is -2.58. The van der Waals surface area contributed by atoms with E-state index in [2.05, 4.69) is 70.1 Å². The van der Waals surface area contributed by atoms with E-state index in [1.54, 1.807) is 0 Å². The Labute approximate surface area is 167 Å². The number of hydrogen-bond donors (Lipinski definition) is 0. The van der Waals surface area contributed by atoms with Gasteiger partial charge in [0.1, 0.15) is 11.5 Å². The van der Waals surface area contributed by atoms with Crippen LogP contribution in [0.4, 0.5) is 5.69 Å². The standard InChI is InChI=1S/C25H13BN2O/c1-27-19-14-16-15-8-2-5-11-20(15)28-21-12-6-3-9-17(21)26-18-10-4-7-13-22(18)29-25(19)23(26)24(16)28/h2-14H. The predicted molar refractivity (Wildman–Crippen MR) is 118 cm³/mol. The summed E-state index contributed by atoms with van der Waals surface area (Å²) in [4.78, 5) is 3.85. The Kier molecular flexibility index (Phi) is 2.64. The van der Waals surface area contributed by atoms with Gasteiger partial charge in [0.2, 0.25) is 5.69 Å². The summed E-state index contributed by atoms with van der Waals surface area (Å²) in [6.07, 6.45) is 0. The molecule has 2 aliphatic heterocycles. The molecule has 0 unspecified atom stereocenters. The van der Waals surface area contributed by atoms with Crippen LogP contribution in [0.3, 0.4) is 0 Å². The van der Waals surface area contributed by atoms with Gasteiger partial charge in [-0.1, -0.05) is 54.6 Å². The molecule has 7 rings (SSSR count). The molecule has 0 amide bonds. The Balaban J connectivity index is 1.80. The Morgan fingerprint density at radius 2 is 1.59 bits per heavy atom. The number of benzene rings is 4. The fourth-order valence-corrected chi connectivity index (χ4v) is 5.17. The van der Waals surface area contributed by atoms with Crippen LogP contribution in [0.25, 0.3) is 32.3 Å². The van der Waals surface area contributed by atoms with Crippen LogP contribution in [0.2, 0.25) is 0 Å². The quantitative estimate of drug-likeness (QED) is 0.289. The molecule has 0 spiro atoms. The number of nitrogens with zero attached hydrogens (tertiary/aromatic N) is 2. The highest BCUT2D eigenvalue weighted by Gasteiger charge is 2.41. The average molecular weight is 368 g/mol. The minimum absolute atomic E-state index is 0.0622. The first-order chi connectivity index (χ1) is 14.4. The molecule has 1 aromatic heterocycles. The van der Waals surface area contributed by atoms with E-state index in [1.165, 1.54) is 16.5 Å². The second-order valence-corrected chi connectivity index (χ2v) is 7.63. The molecule has 0 saturated heterocycles. The minimum atomic E-state index is 0.0622. The maximum absolute atomic E-state index is 7.82. The van der Waals surface area contributed by atoms with Crippen molar-refractivity contribution in [3.63, 3.8) is 0 Å². The normalized spacial score (nSPS) is 13.0. The van der Waals surface area contributed by atoms with Gasteiger partial charge in [0.25, 0.3) is 6.71 Å². The monoisotopic (exact) mass is 368 g/mol. The third-order valence-corrected chi connectivity index (χ3v) is 6.27. The highest BCUT2D eigenvalue weighted by atomic mass is 16.5. The summed E-state index contributed by atoms with van der Waals surface area (Å²) >= 11 is 0. The molecule has 29 heavy (non-hydrogen) atoms. The minimum Gasteiger partial charge on any atom is -0.469 e. The van der Waals surface area contributed by atoms with Crippen LogP contribution in [0, 0.1) is 6.57 Å². The smallest absolute Gasteiger partial charge is 0.254 e. The van der Waals surface area contributed by atoms with Crippen LogP contribution in [-0.4, -0.2) is 11.3 Å². The van der Waals surface area contributed by atoms with Crippen LogP contribution in [-0.2, 0) is 0 Å². The topological polar surface area (TPSA) is 18.5 Å². The summed E-state index contributed by atoms with van der Waals surface area (Å²) in [5.74, 6) is 1.54. The van der Waals surface area contributed by atoms with Crippen LogP contribution in [0.1, 0.15) is 0 Å². The van der Waals surface area contributed by atoms with Gasteiger partial charge in [-0.15, -0.1) is 0 Å². The Bertz CT molecular complexity index is 1560. The van der Waals surface area contributed by atoms with E-state index < -0.39 is 0 Å². The molecule has 0 fully saturated rings. The van der Waals surface area contributed by atoms with Gasteiger partial charge in [-0.2, -0.15) is 0 Å². The highest BCUT2D eigenvalue weighted by Crippen LogP contribution is 2.42. The van der Waals surface area contributed by atoms with Crippen molar-refractivity contribution in [2.45, 2.75) is 0 Å². The average Bonchev–Trinajstić information content (AvgIpc) is 3.12. The molecular weight excluding hydrogens is 355 g/mol. The van der Waals surface area contributed by atoms with Crippen molar-refractivity contribution in [1.82, 2.24) is 4.57 Å². The van der Waals surface area contributed by atoms with Gasteiger partial charge < -0.3 is 9.30 Å². The molecule has 4 aromatic carbocycles. The van der Waals surface area contributed by atoms with E-state index in [0.29, 0.717) is 11.4 Å². The maximum atomic E-state index is 7.82. The summed E-state index contributed by atoms with van der Waals surface area (Å²) in [6, 6.07) is 27.3. The van der Waals surface area contributed by atoms with Crippen LogP contribution < -0.4 is 21.1 Å². The molecule has 3 heterocycles. The SMILES string of the molecule is [C-]#[N+]c1cc2c3ccccc3n3c2c2c1Oc1ccccc1B2c1ccccc1-3. The summed E-state index contributed by atoms with van der Waals surface area (Å²) in [5, 5.41) is 2.29. The Morgan fingerprint density at radius 3 is 2.48 bits per heavy atom. The maximum Gasteiger partial charge on any atom is 0.254 e. The van der Waals surface area contributed by atoms with Crippen molar-refractivity contribution in [2.75, 3.05) is 0 Å². The lowest BCUT2D eigenvalue weighted by Gasteiger charge is -2.33. The molecule has 0 saturated carbocycles. The summed E-state index contributed by atoms with van der Waals surface area (Å²) in [5.41, 5.74) is 7.63. The molecule has 0 aliphatic carbocycles. The summed E-state index contributed by atoms with van der Waals surface area (Å²) in [7, 11) is 0. The molecule has 0 N–H and O–H groups in total. The fourth-order valence-electron chi connectivity index (χ4n) is 5.17. The number of hydrogen-bond acceptors (Lipinski definition) is 1. The van der Waals surface area contributed by atoms with E-state index in [-0.39, 0.29) is 6.71 Å². The number of para-hydroxylation sites is 3. The first-order valence-corrected chi connectivity index (χ1v) is 9.70. The molecule has 0 atom stereocenters. The van der Waals surface area contributed by atoms with Crippen LogP contribution >= 0.6 is 0 Å². The first kappa shape index (κ1) is 15.0. The van der Waals surface area contributed by atoms with Crippen molar-refractivity contribution in [3.8, 4) is 17.2 Å². The van der Waals surface area contributed by atoms with E-state index in [1.807, 2.05) is 18.2 Å². The van der Waals surface area contributed by atoms with Gasteiger partial charge in [-0.25, -0.2) is 4.85 Å². The van der Waals surface area contributed by atoms with E-state index in [9.17, 15) is 0 Å². The fraction of sp³-hybridized carbons (Fsp3) is 0. The van der Waals surface area contributed by atoms with E-state index in [0.717, 1.165) is 33.1 Å². The number of rotatable bonds is 0. The third kappa shape index (κ3) is 1.69. The van der Waals surface area contributed by atoms with Crippen molar-refractivity contribution in [1.29, 1.82) is 0 Å². The molecule has 4 heteroatoms. The van der Waals surface area contributed by atoms with Gasteiger partial charge in [0.15, 0.2) is 0 Å². The Morgan fingerprint density at radius 1 is 0.828 bits per heavy atom. The largest absolute Gasteiger partial charge is 0.469 e. The van der Waals surface area contributed by atoms with E-state index in [4.69, 9.17) is 11.3 Å². The van der Waals surface area contributed by atoms with Crippen LogP contribution in [0.5, 0.6) is 11.5 Å². The molecule has 5 aromatic rings. The molecule has 3 nitrogen and oxygen atoms in total. The first-order valence-electron chi connectivity index (χ1n) is 9.70. The van der Waals surface area contributed by atoms with Crippen molar-refractivity contribution < 1.29 is 4.74 Å². The summed E-state index contributed by atoms with van der Waals surface area (Å²) < 4.78 is 8.70. The van der Waals surface area contributed by atoms with Crippen LogP contribution in [0.15, 0.2) is 78.9 Å². The van der Waals surface area contributed by atoms with Gasteiger partial charge in [-0.05, 0) is 46.0 Å². The third-order valence-electron chi connectivity index (χ3n) is 6.27. The number of aromatic nitrogens is 1. The highest BCUT2D eigenvalue weighted by molar-refractivity contribution is 6.99. The second kappa shape index (κ2) is 5.09. The lowest BCUT2D eigenvalue weighted by atomic mass is 9.34. The zero-order chi connectivity index (χ0) is 19.1. The molecule has 132 valence electrons. The second-order valence-electron chi connectivity index (χ2n) is 7.63. The molecule has 0 radical (unpaired) electrons. The zero-order valence-corrected chi connectivity index (χ0v) is 15.4. The Hall–Kier alpha value is -3.97. The number of fused-ring (bicyclic) bond motifs is 8. The summed E-state index contributed by atoms with van der Waals surface area (Å²) in [6.45, 7) is 7.89. The predicted octanol–water partition coefficient (Wildman–Crippen LogP) is 4.27. The van der Waals surface area contributed by atoms with Crippen molar-refractivity contribution in [2.24, 2.45) is 0 Å². The lowest BCUT2D eigenvalue weighted by molar-refractivity contribution is 0.490. The van der Waals surface area contributed by atoms with Gasteiger partial charge >= 0.3 is 0 Å². The van der Waals surface area contributed by atoms with Crippen molar-refractivity contribution >= 4 is 50.6 Å². The van der Waals surface area contributed by atoms with Gasteiger partial charge in [0.05, 0.1) is 17.6 Å². The molecule has 0 bridgehead atoms.